The predicted molar refractivity (Wildman–Crippen MR) is 105 cm³/mol. The summed E-state index contributed by atoms with van der Waals surface area (Å²) in [4.78, 5) is 27.4. The Kier molecular flexibility index (Phi) is 4.10. The highest BCUT2D eigenvalue weighted by molar-refractivity contribution is 6.07. The largest absolute Gasteiger partial charge is 0.325 e. The van der Waals surface area contributed by atoms with Gasteiger partial charge in [-0.2, -0.15) is 0 Å². The van der Waals surface area contributed by atoms with E-state index in [4.69, 9.17) is 0 Å². The zero-order chi connectivity index (χ0) is 19.2. The number of nitrogens with zero attached hydrogens (tertiary/aromatic N) is 1. The van der Waals surface area contributed by atoms with Crippen LogP contribution in [-0.4, -0.2) is 16.8 Å². The summed E-state index contributed by atoms with van der Waals surface area (Å²) in [5.74, 6) is -0.125. The Hall–Kier alpha value is -2.62. The van der Waals surface area contributed by atoms with E-state index in [0.717, 1.165) is 29.5 Å². The van der Waals surface area contributed by atoms with Gasteiger partial charge in [0.25, 0.3) is 5.91 Å². The van der Waals surface area contributed by atoms with Crippen molar-refractivity contribution in [1.29, 1.82) is 0 Å². The Morgan fingerprint density at radius 1 is 1.04 bits per heavy atom. The summed E-state index contributed by atoms with van der Waals surface area (Å²) in [5, 5.41) is 3.02. The molecule has 2 aliphatic rings. The molecule has 1 saturated heterocycles. The number of carbonyl (C=O) groups is 2. The van der Waals surface area contributed by atoms with Crippen molar-refractivity contribution < 1.29 is 9.59 Å². The molecule has 0 bridgehead atoms. The van der Waals surface area contributed by atoms with Crippen LogP contribution in [0, 0.1) is 0 Å². The molecule has 1 atom stereocenters. The molecule has 1 spiro atoms. The highest BCUT2D eigenvalue weighted by atomic mass is 16.2. The molecule has 1 aliphatic carbocycles. The molecule has 27 heavy (non-hydrogen) atoms. The normalized spacial score (nSPS) is 22.1. The Labute approximate surface area is 160 Å². The molecule has 4 nitrogen and oxygen atoms in total. The number of carbonyl (C=O) groups excluding carboxylic acids is 2. The van der Waals surface area contributed by atoms with Crippen LogP contribution in [0.15, 0.2) is 48.5 Å². The number of hydrogen-bond donors (Lipinski definition) is 1. The van der Waals surface area contributed by atoms with Crippen LogP contribution in [-0.2, 0) is 28.7 Å². The molecule has 4 heteroatoms. The summed E-state index contributed by atoms with van der Waals surface area (Å²) in [6.45, 7) is 6.82. The van der Waals surface area contributed by atoms with Crippen LogP contribution in [0.4, 0.5) is 4.79 Å². The van der Waals surface area contributed by atoms with E-state index in [1.54, 1.807) is 0 Å². The lowest BCUT2D eigenvalue weighted by atomic mass is 9.76. The van der Waals surface area contributed by atoms with E-state index in [1.807, 2.05) is 30.3 Å². The minimum atomic E-state index is -0.892. The van der Waals surface area contributed by atoms with Gasteiger partial charge in [-0.1, -0.05) is 69.3 Å². The maximum absolute atomic E-state index is 13.3. The first-order valence-corrected chi connectivity index (χ1v) is 9.63. The van der Waals surface area contributed by atoms with E-state index in [1.165, 1.54) is 10.5 Å². The third-order valence-electron chi connectivity index (χ3n) is 5.81. The Morgan fingerprint density at radius 3 is 2.44 bits per heavy atom. The second kappa shape index (κ2) is 6.22. The first-order valence-electron chi connectivity index (χ1n) is 9.63. The molecule has 1 fully saturated rings. The third kappa shape index (κ3) is 2.93. The molecule has 1 aliphatic heterocycles. The fourth-order valence-electron chi connectivity index (χ4n) is 4.25. The van der Waals surface area contributed by atoms with Gasteiger partial charge in [-0.15, -0.1) is 0 Å². The molecule has 0 unspecified atom stereocenters. The average Bonchev–Trinajstić information content (AvgIpc) is 2.87. The zero-order valence-electron chi connectivity index (χ0n) is 16.2. The lowest BCUT2D eigenvalue weighted by Crippen LogP contribution is -2.46. The first kappa shape index (κ1) is 17.8. The van der Waals surface area contributed by atoms with Crippen molar-refractivity contribution in [2.45, 2.75) is 57.5 Å². The quantitative estimate of drug-likeness (QED) is 0.811. The number of fused-ring (bicyclic) bond motifs is 2. The Bertz CT molecular complexity index is 895. The molecule has 140 valence electrons. The van der Waals surface area contributed by atoms with Gasteiger partial charge in [-0.05, 0) is 46.9 Å². The van der Waals surface area contributed by atoms with E-state index in [-0.39, 0.29) is 17.4 Å². The molecule has 0 saturated carbocycles. The van der Waals surface area contributed by atoms with Gasteiger partial charge in [0, 0.05) is 0 Å². The maximum Gasteiger partial charge on any atom is 0.325 e. The van der Waals surface area contributed by atoms with Gasteiger partial charge in [0.05, 0.1) is 6.54 Å². The minimum Gasteiger partial charge on any atom is -0.319 e. The van der Waals surface area contributed by atoms with E-state index in [2.05, 4.69) is 44.3 Å². The number of urea groups is 1. The monoisotopic (exact) mass is 362 g/mol. The molecular formula is C23H26N2O2. The molecule has 1 N–H and O–H groups in total. The van der Waals surface area contributed by atoms with Crippen LogP contribution in [0.3, 0.4) is 0 Å². The van der Waals surface area contributed by atoms with E-state index >= 15 is 0 Å². The van der Waals surface area contributed by atoms with Crippen LogP contribution >= 0.6 is 0 Å². The SMILES string of the molecule is CC(C)(C)c1ccc(CN2C(=O)N[C@]3(CCCc4ccccc43)C2=O)cc1. The van der Waals surface area contributed by atoms with Gasteiger partial charge in [-0.25, -0.2) is 4.79 Å². The van der Waals surface area contributed by atoms with Crippen molar-refractivity contribution in [1.82, 2.24) is 10.2 Å². The minimum absolute atomic E-state index is 0.0786. The van der Waals surface area contributed by atoms with Gasteiger partial charge in [0.1, 0.15) is 5.54 Å². The van der Waals surface area contributed by atoms with Crippen molar-refractivity contribution in [3.05, 3.63) is 70.8 Å². The van der Waals surface area contributed by atoms with E-state index in [9.17, 15) is 9.59 Å². The summed E-state index contributed by atoms with van der Waals surface area (Å²) in [7, 11) is 0. The van der Waals surface area contributed by atoms with Gasteiger partial charge in [0.15, 0.2) is 0 Å². The van der Waals surface area contributed by atoms with Crippen molar-refractivity contribution in [2.75, 3.05) is 0 Å². The topological polar surface area (TPSA) is 49.4 Å². The third-order valence-corrected chi connectivity index (χ3v) is 5.81. The Balaban J connectivity index is 1.61. The first-order chi connectivity index (χ1) is 12.8. The number of rotatable bonds is 2. The molecular weight excluding hydrogens is 336 g/mol. The molecule has 2 aromatic carbocycles. The van der Waals surface area contributed by atoms with E-state index < -0.39 is 5.54 Å². The van der Waals surface area contributed by atoms with Crippen molar-refractivity contribution >= 4 is 11.9 Å². The summed E-state index contributed by atoms with van der Waals surface area (Å²) in [6, 6.07) is 15.9. The van der Waals surface area contributed by atoms with Crippen LogP contribution in [0.2, 0.25) is 0 Å². The van der Waals surface area contributed by atoms with Gasteiger partial charge >= 0.3 is 6.03 Å². The van der Waals surface area contributed by atoms with Crippen molar-refractivity contribution in [3.63, 3.8) is 0 Å². The molecule has 1 heterocycles. The Morgan fingerprint density at radius 2 is 1.74 bits per heavy atom. The summed E-state index contributed by atoms with van der Waals surface area (Å²) >= 11 is 0. The standard InChI is InChI=1S/C23H26N2O2/c1-22(2,3)18-12-10-16(11-13-18)15-25-20(26)23(24-21(25)27)14-6-8-17-7-4-5-9-19(17)23/h4-5,7,9-13H,6,8,14-15H2,1-3H3,(H,24,27)/t23-/m0/s1. The number of aryl methyl sites for hydroxylation is 1. The fraction of sp³-hybridized carbons (Fsp3) is 0.391. The molecule has 2 aromatic rings. The van der Waals surface area contributed by atoms with Gasteiger partial charge in [0.2, 0.25) is 0 Å². The van der Waals surface area contributed by atoms with Crippen molar-refractivity contribution in [3.8, 4) is 0 Å². The number of nitrogens with one attached hydrogen (secondary N) is 1. The van der Waals surface area contributed by atoms with Crippen LogP contribution < -0.4 is 5.32 Å². The zero-order valence-corrected chi connectivity index (χ0v) is 16.2. The molecule has 0 radical (unpaired) electrons. The van der Waals surface area contributed by atoms with Gasteiger partial charge in [-0.3, -0.25) is 9.69 Å². The summed E-state index contributed by atoms with van der Waals surface area (Å²) in [5.41, 5.74) is 3.51. The van der Waals surface area contributed by atoms with Gasteiger partial charge < -0.3 is 5.32 Å². The lowest BCUT2D eigenvalue weighted by molar-refractivity contribution is -0.132. The van der Waals surface area contributed by atoms with Crippen LogP contribution in [0.25, 0.3) is 0 Å². The number of benzene rings is 2. The molecule has 0 aromatic heterocycles. The summed E-state index contributed by atoms with van der Waals surface area (Å²) < 4.78 is 0. The number of hydrogen-bond acceptors (Lipinski definition) is 2. The summed E-state index contributed by atoms with van der Waals surface area (Å²) in [6.07, 6.45) is 2.51. The highest BCUT2D eigenvalue weighted by Gasteiger charge is 2.53. The number of amides is 3. The van der Waals surface area contributed by atoms with Crippen LogP contribution in [0.5, 0.6) is 0 Å². The average molecular weight is 362 g/mol. The second-order valence-electron chi connectivity index (χ2n) is 8.68. The lowest BCUT2D eigenvalue weighted by Gasteiger charge is -2.33. The maximum atomic E-state index is 13.3. The molecule has 4 rings (SSSR count). The smallest absolute Gasteiger partial charge is 0.319 e. The van der Waals surface area contributed by atoms with Crippen molar-refractivity contribution in [2.24, 2.45) is 0 Å². The number of imide groups is 1. The fourth-order valence-corrected chi connectivity index (χ4v) is 4.25. The second-order valence-corrected chi connectivity index (χ2v) is 8.68. The predicted octanol–water partition coefficient (Wildman–Crippen LogP) is 4.27. The van der Waals surface area contributed by atoms with Crippen LogP contribution in [0.1, 0.15) is 55.9 Å². The van der Waals surface area contributed by atoms with E-state index in [0.29, 0.717) is 13.0 Å². The highest BCUT2D eigenvalue weighted by Crippen LogP contribution is 2.40. The molecule has 3 amide bonds.